The first-order valence-electron chi connectivity index (χ1n) is 8.98. The Labute approximate surface area is 147 Å². The maximum atomic E-state index is 11.0. The molecule has 3 heterocycles. The number of hydrogen-bond acceptors (Lipinski definition) is 6. The van der Waals surface area contributed by atoms with Crippen molar-refractivity contribution in [3.05, 3.63) is 28.4 Å². The second-order valence-electron chi connectivity index (χ2n) is 7.21. The lowest BCUT2D eigenvalue weighted by Crippen LogP contribution is -2.36. The molecule has 1 saturated heterocycles. The summed E-state index contributed by atoms with van der Waals surface area (Å²) in [7, 11) is 0. The van der Waals surface area contributed by atoms with Crippen molar-refractivity contribution in [2.75, 3.05) is 31.5 Å². The van der Waals surface area contributed by atoms with Crippen LogP contribution in [0.15, 0.2) is 18.3 Å². The van der Waals surface area contributed by atoms with Gasteiger partial charge in [0.2, 0.25) is 5.65 Å². The third-order valence-corrected chi connectivity index (χ3v) is 4.83. The minimum atomic E-state index is -0.469. The number of likely N-dealkylation sites (tertiary alicyclic amines) is 1. The Morgan fingerprint density at radius 1 is 1.36 bits per heavy atom. The van der Waals surface area contributed by atoms with E-state index >= 15 is 0 Å². The molecule has 0 unspecified atom stereocenters. The molecule has 0 spiro atoms. The van der Waals surface area contributed by atoms with E-state index in [1.807, 2.05) is 6.07 Å². The van der Waals surface area contributed by atoms with Crippen LogP contribution in [0.5, 0.6) is 0 Å². The summed E-state index contributed by atoms with van der Waals surface area (Å²) >= 11 is 0. The lowest BCUT2D eigenvalue weighted by Gasteiger charge is -2.32. The van der Waals surface area contributed by atoms with Gasteiger partial charge in [-0.2, -0.15) is 0 Å². The number of nitrogens with one attached hydrogen (secondary N) is 1. The van der Waals surface area contributed by atoms with Crippen LogP contribution < -0.4 is 5.32 Å². The molecule has 1 fully saturated rings. The van der Waals surface area contributed by atoms with Gasteiger partial charge >= 0.3 is 5.82 Å². The van der Waals surface area contributed by atoms with Gasteiger partial charge in [-0.1, -0.05) is 23.5 Å². The lowest BCUT2D eigenvalue weighted by molar-refractivity contribution is -0.391. The zero-order valence-electron chi connectivity index (χ0n) is 14.9. The number of nitrogens with zero attached hydrogens (tertiary/aromatic N) is 5. The van der Waals surface area contributed by atoms with Gasteiger partial charge in [-0.05, 0) is 61.7 Å². The van der Waals surface area contributed by atoms with Crippen LogP contribution in [0.3, 0.4) is 0 Å². The topological polar surface area (TPSA) is 88.6 Å². The number of fused-ring (bicyclic) bond motifs is 1. The molecule has 0 amide bonds. The molecule has 8 nitrogen and oxygen atoms in total. The normalized spacial score (nSPS) is 16.6. The summed E-state index contributed by atoms with van der Waals surface area (Å²) in [4.78, 5) is 17.1. The molecule has 0 bridgehead atoms. The van der Waals surface area contributed by atoms with Gasteiger partial charge in [-0.3, -0.25) is 0 Å². The van der Waals surface area contributed by atoms with Crippen LogP contribution in [0.4, 0.5) is 11.6 Å². The Morgan fingerprint density at radius 2 is 2.12 bits per heavy atom. The molecule has 0 radical (unpaired) electrons. The quantitative estimate of drug-likeness (QED) is 0.612. The molecule has 0 aliphatic carbocycles. The van der Waals surface area contributed by atoms with Crippen LogP contribution in [0, 0.1) is 22.0 Å². The van der Waals surface area contributed by atoms with Gasteiger partial charge in [-0.15, -0.1) is 0 Å². The number of rotatable bonds is 7. The van der Waals surface area contributed by atoms with Gasteiger partial charge in [0.25, 0.3) is 0 Å². The molecule has 25 heavy (non-hydrogen) atoms. The number of piperidine rings is 1. The molecule has 0 aromatic carbocycles. The van der Waals surface area contributed by atoms with E-state index in [2.05, 4.69) is 34.1 Å². The highest BCUT2D eigenvalue weighted by Crippen LogP contribution is 2.19. The van der Waals surface area contributed by atoms with Crippen LogP contribution in [0.2, 0.25) is 0 Å². The second-order valence-corrected chi connectivity index (χ2v) is 7.21. The van der Waals surface area contributed by atoms with E-state index in [0.29, 0.717) is 17.4 Å². The van der Waals surface area contributed by atoms with Crippen LogP contribution in [-0.2, 0) is 0 Å². The lowest BCUT2D eigenvalue weighted by atomic mass is 9.96. The van der Waals surface area contributed by atoms with E-state index in [4.69, 9.17) is 0 Å². The average Bonchev–Trinajstić information content (AvgIpc) is 3.02. The SMILES string of the molecule is CC(C)CCN1CCC(CNc2ccc3ncc([N+](=O)[O-])n3n2)CC1. The van der Waals surface area contributed by atoms with Gasteiger partial charge < -0.3 is 20.3 Å². The summed E-state index contributed by atoms with van der Waals surface area (Å²) in [5.74, 6) is 1.91. The first-order valence-corrected chi connectivity index (χ1v) is 8.98. The molecule has 0 saturated carbocycles. The van der Waals surface area contributed by atoms with Crippen molar-refractivity contribution in [3.63, 3.8) is 0 Å². The molecule has 0 atom stereocenters. The Morgan fingerprint density at radius 3 is 2.80 bits per heavy atom. The monoisotopic (exact) mass is 346 g/mol. The van der Waals surface area contributed by atoms with Crippen LogP contribution in [0.1, 0.15) is 33.1 Å². The Bertz CT molecular complexity index is 721. The molecule has 2 aromatic heterocycles. The van der Waals surface area contributed by atoms with Crippen molar-refractivity contribution in [2.45, 2.75) is 33.1 Å². The van der Waals surface area contributed by atoms with Crippen molar-refractivity contribution in [2.24, 2.45) is 11.8 Å². The Kier molecular flexibility index (Phi) is 5.47. The van der Waals surface area contributed by atoms with Gasteiger partial charge in [0.1, 0.15) is 6.20 Å². The third-order valence-electron chi connectivity index (χ3n) is 4.83. The van der Waals surface area contributed by atoms with Crippen LogP contribution in [-0.4, -0.2) is 50.6 Å². The Hall–Kier alpha value is -2.22. The first-order chi connectivity index (χ1) is 12.0. The van der Waals surface area contributed by atoms with Crippen LogP contribution in [0.25, 0.3) is 5.65 Å². The predicted octanol–water partition coefficient (Wildman–Crippen LogP) is 2.81. The number of anilines is 1. The minimum Gasteiger partial charge on any atom is -0.367 e. The maximum absolute atomic E-state index is 11.0. The van der Waals surface area contributed by atoms with Crippen molar-refractivity contribution < 1.29 is 4.92 Å². The van der Waals surface area contributed by atoms with E-state index < -0.39 is 4.92 Å². The van der Waals surface area contributed by atoms with E-state index in [-0.39, 0.29) is 5.82 Å². The maximum Gasteiger partial charge on any atom is 0.368 e. The number of hydrogen-bond donors (Lipinski definition) is 1. The third kappa shape index (κ3) is 4.45. The molecule has 136 valence electrons. The largest absolute Gasteiger partial charge is 0.368 e. The Balaban J connectivity index is 1.52. The van der Waals surface area contributed by atoms with E-state index in [9.17, 15) is 10.1 Å². The molecule has 1 N–H and O–H groups in total. The number of aromatic nitrogens is 3. The molecule has 2 aromatic rings. The second kappa shape index (κ2) is 7.77. The number of nitro groups is 1. The highest BCUT2D eigenvalue weighted by atomic mass is 16.6. The summed E-state index contributed by atoms with van der Waals surface area (Å²) in [5, 5.41) is 18.6. The summed E-state index contributed by atoms with van der Waals surface area (Å²) in [6.07, 6.45) is 4.85. The smallest absolute Gasteiger partial charge is 0.367 e. The van der Waals surface area contributed by atoms with Crippen LogP contribution >= 0.6 is 0 Å². The zero-order chi connectivity index (χ0) is 17.8. The summed E-state index contributed by atoms with van der Waals surface area (Å²) < 4.78 is 1.27. The van der Waals surface area contributed by atoms with E-state index in [0.717, 1.165) is 25.6 Å². The standard InChI is InChI=1S/C17H26N6O2/c1-13(2)5-8-21-9-6-14(7-10-21)11-18-15-3-4-16-19-12-17(23(24)25)22(16)20-15/h3-4,12-14H,5-11H2,1-2H3,(H,18,20). The summed E-state index contributed by atoms with van der Waals surface area (Å²) in [6, 6.07) is 3.57. The zero-order valence-corrected chi connectivity index (χ0v) is 14.9. The minimum absolute atomic E-state index is 0.114. The molecule has 1 aliphatic rings. The summed E-state index contributed by atoms with van der Waals surface area (Å²) in [5.41, 5.74) is 0.482. The van der Waals surface area contributed by atoms with E-state index in [1.165, 1.54) is 36.5 Å². The van der Waals surface area contributed by atoms with E-state index in [1.54, 1.807) is 6.07 Å². The van der Waals surface area contributed by atoms with Crippen molar-refractivity contribution in [1.29, 1.82) is 0 Å². The highest BCUT2D eigenvalue weighted by molar-refractivity contribution is 5.48. The summed E-state index contributed by atoms with van der Waals surface area (Å²) in [6.45, 7) is 8.88. The van der Waals surface area contributed by atoms with Gasteiger partial charge in [0, 0.05) is 12.6 Å². The average molecular weight is 346 g/mol. The van der Waals surface area contributed by atoms with Gasteiger partial charge in [0.15, 0.2) is 5.82 Å². The molecular weight excluding hydrogens is 320 g/mol. The molecule has 8 heteroatoms. The fraction of sp³-hybridized carbons (Fsp3) is 0.647. The van der Waals surface area contributed by atoms with Gasteiger partial charge in [-0.25, -0.2) is 4.98 Å². The molecule has 3 rings (SSSR count). The molecular formula is C17H26N6O2. The van der Waals surface area contributed by atoms with Gasteiger partial charge in [0.05, 0.1) is 0 Å². The fourth-order valence-corrected chi connectivity index (χ4v) is 3.18. The van der Waals surface area contributed by atoms with Crippen molar-refractivity contribution in [1.82, 2.24) is 19.5 Å². The first kappa shape index (κ1) is 17.6. The number of imidazole rings is 1. The fourth-order valence-electron chi connectivity index (χ4n) is 3.18. The van der Waals surface area contributed by atoms with Crippen molar-refractivity contribution >= 4 is 17.3 Å². The predicted molar refractivity (Wildman–Crippen MR) is 96.8 cm³/mol. The molecule has 1 aliphatic heterocycles. The highest BCUT2D eigenvalue weighted by Gasteiger charge is 2.20. The van der Waals surface area contributed by atoms with Crippen molar-refractivity contribution in [3.8, 4) is 0 Å².